The van der Waals surface area contributed by atoms with Crippen molar-refractivity contribution in [2.24, 2.45) is 11.7 Å². The normalized spacial score (nSPS) is 19.6. The Kier molecular flexibility index (Phi) is 4.18. The summed E-state index contributed by atoms with van der Waals surface area (Å²) >= 11 is 0. The van der Waals surface area contributed by atoms with Crippen LogP contribution in [0.2, 0.25) is 0 Å². The molecular formula is C16H17NO2. The molecule has 0 aromatic heterocycles. The molecule has 1 amide bonds. The lowest BCUT2D eigenvalue weighted by molar-refractivity contribution is -0.118. The van der Waals surface area contributed by atoms with Gasteiger partial charge in [-0.1, -0.05) is 42.5 Å². The van der Waals surface area contributed by atoms with Gasteiger partial charge in [0.2, 0.25) is 5.91 Å². The van der Waals surface area contributed by atoms with Crippen molar-refractivity contribution in [2.75, 3.05) is 0 Å². The molecule has 2 rings (SSSR count). The zero-order valence-electron chi connectivity index (χ0n) is 10.9. The molecule has 0 heterocycles. The molecule has 3 heteroatoms. The molecule has 0 radical (unpaired) electrons. The minimum Gasteiger partial charge on any atom is -0.464 e. The molecule has 1 aromatic carbocycles. The molecule has 0 aliphatic heterocycles. The lowest BCUT2D eigenvalue weighted by Crippen LogP contribution is -2.17. The third-order valence-corrected chi connectivity index (χ3v) is 3.01. The Morgan fingerprint density at radius 2 is 2.16 bits per heavy atom. The Balaban J connectivity index is 2.13. The van der Waals surface area contributed by atoms with Crippen molar-refractivity contribution < 1.29 is 9.53 Å². The predicted octanol–water partition coefficient (Wildman–Crippen LogP) is 2.88. The number of hydrogen-bond donors (Lipinski definition) is 1. The monoisotopic (exact) mass is 255 g/mol. The van der Waals surface area contributed by atoms with Crippen molar-refractivity contribution in [3.05, 3.63) is 66.0 Å². The van der Waals surface area contributed by atoms with Gasteiger partial charge in [0, 0.05) is 12.3 Å². The van der Waals surface area contributed by atoms with E-state index in [1.54, 1.807) is 6.26 Å². The summed E-state index contributed by atoms with van der Waals surface area (Å²) in [6, 6.07) is 7.80. The van der Waals surface area contributed by atoms with Crippen LogP contribution in [0.4, 0.5) is 0 Å². The largest absolute Gasteiger partial charge is 0.464 e. The smallest absolute Gasteiger partial charge is 0.218 e. The molecule has 19 heavy (non-hydrogen) atoms. The number of amides is 1. The second kappa shape index (κ2) is 6.05. The van der Waals surface area contributed by atoms with Crippen LogP contribution in [0.3, 0.4) is 0 Å². The van der Waals surface area contributed by atoms with Gasteiger partial charge in [0.15, 0.2) is 0 Å². The zero-order valence-corrected chi connectivity index (χ0v) is 10.9. The van der Waals surface area contributed by atoms with Crippen molar-refractivity contribution in [1.29, 1.82) is 0 Å². The van der Waals surface area contributed by atoms with E-state index in [4.69, 9.17) is 10.5 Å². The van der Waals surface area contributed by atoms with E-state index in [2.05, 4.69) is 0 Å². The summed E-state index contributed by atoms with van der Waals surface area (Å²) in [6.45, 7) is 1.99. The first-order valence-electron chi connectivity index (χ1n) is 6.22. The van der Waals surface area contributed by atoms with Gasteiger partial charge in [0.05, 0.1) is 6.26 Å². The summed E-state index contributed by atoms with van der Waals surface area (Å²) in [5, 5.41) is 0. The maximum absolute atomic E-state index is 11.0. The Bertz CT molecular complexity index is 556. The van der Waals surface area contributed by atoms with Gasteiger partial charge in [0.25, 0.3) is 0 Å². The van der Waals surface area contributed by atoms with Crippen LogP contribution >= 0.6 is 0 Å². The van der Waals surface area contributed by atoms with Gasteiger partial charge in [-0.15, -0.1) is 0 Å². The minimum atomic E-state index is -0.313. The number of allylic oxidation sites excluding steroid dienone is 5. The van der Waals surface area contributed by atoms with E-state index in [9.17, 15) is 4.79 Å². The third kappa shape index (κ3) is 3.58. The Labute approximate surface area is 113 Å². The van der Waals surface area contributed by atoms with E-state index in [0.717, 1.165) is 16.9 Å². The van der Waals surface area contributed by atoms with Crippen molar-refractivity contribution in [2.45, 2.75) is 13.3 Å². The number of carbonyl (C=O) groups excluding carboxylic acids is 1. The summed E-state index contributed by atoms with van der Waals surface area (Å²) in [6.07, 6.45) is 9.71. The number of hydrogen-bond acceptors (Lipinski definition) is 2. The fourth-order valence-corrected chi connectivity index (χ4v) is 1.95. The van der Waals surface area contributed by atoms with Gasteiger partial charge in [-0.2, -0.15) is 0 Å². The molecule has 0 fully saturated rings. The highest BCUT2D eigenvalue weighted by Crippen LogP contribution is 2.24. The Hall–Kier alpha value is -2.29. The molecule has 1 aromatic rings. The van der Waals surface area contributed by atoms with Crippen molar-refractivity contribution in [3.8, 4) is 5.75 Å². The molecule has 2 N–H and O–H groups in total. The molecule has 0 saturated heterocycles. The Morgan fingerprint density at radius 3 is 2.89 bits per heavy atom. The second-order valence-corrected chi connectivity index (χ2v) is 4.52. The second-order valence-electron chi connectivity index (χ2n) is 4.52. The number of para-hydroxylation sites is 1. The first-order chi connectivity index (χ1) is 9.16. The van der Waals surface area contributed by atoms with E-state index < -0.39 is 0 Å². The maximum Gasteiger partial charge on any atom is 0.218 e. The van der Waals surface area contributed by atoms with Crippen LogP contribution in [0.15, 0.2) is 60.4 Å². The number of benzene rings is 1. The highest BCUT2D eigenvalue weighted by Gasteiger charge is 2.14. The van der Waals surface area contributed by atoms with E-state index in [0.29, 0.717) is 6.42 Å². The SMILES string of the molecule is Cc1ccccc1OC=C1C=CC=CC1CC(N)=O. The molecule has 3 nitrogen and oxygen atoms in total. The first-order valence-corrected chi connectivity index (χ1v) is 6.22. The van der Waals surface area contributed by atoms with Crippen LogP contribution in [-0.2, 0) is 4.79 Å². The topological polar surface area (TPSA) is 52.3 Å². The summed E-state index contributed by atoms with van der Waals surface area (Å²) in [5.74, 6) is 0.494. The molecule has 98 valence electrons. The molecule has 0 spiro atoms. The molecule has 0 saturated carbocycles. The van der Waals surface area contributed by atoms with E-state index in [1.165, 1.54) is 0 Å². The van der Waals surface area contributed by atoms with Crippen molar-refractivity contribution >= 4 is 5.91 Å². The number of aryl methyl sites for hydroxylation is 1. The lowest BCUT2D eigenvalue weighted by Gasteiger charge is -2.15. The predicted molar refractivity (Wildman–Crippen MR) is 75.5 cm³/mol. The fourth-order valence-electron chi connectivity index (χ4n) is 1.95. The molecule has 1 atom stereocenters. The average molecular weight is 255 g/mol. The van der Waals surface area contributed by atoms with Crippen LogP contribution in [0.1, 0.15) is 12.0 Å². The zero-order chi connectivity index (χ0) is 13.7. The maximum atomic E-state index is 11.0. The molecule has 1 unspecified atom stereocenters. The van der Waals surface area contributed by atoms with E-state index >= 15 is 0 Å². The molecular weight excluding hydrogens is 238 g/mol. The summed E-state index contributed by atoms with van der Waals surface area (Å²) in [5.41, 5.74) is 7.27. The summed E-state index contributed by atoms with van der Waals surface area (Å²) < 4.78 is 5.69. The number of ether oxygens (including phenoxy) is 1. The minimum absolute atomic E-state index is 0.00785. The quantitative estimate of drug-likeness (QED) is 0.841. The molecule has 1 aliphatic rings. The fraction of sp³-hybridized carbons (Fsp3) is 0.188. The Morgan fingerprint density at radius 1 is 1.37 bits per heavy atom. The van der Waals surface area contributed by atoms with Gasteiger partial charge in [-0.05, 0) is 24.1 Å². The lowest BCUT2D eigenvalue weighted by atomic mass is 9.92. The van der Waals surface area contributed by atoms with Gasteiger partial charge >= 0.3 is 0 Å². The number of rotatable bonds is 4. The van der Waals surface area contributed by atoms with Crippen LogP contribution in [0, 0.1) is 12.8 Å². The van der Waals surface area contributed by atoms with Gasteiger partial charge < -0.3 is 10.5 Å². The third-order valence-electron chi connectivity index (χ3n) is 3.01. The standard InChI is InChI=1S/C16H17NO2/c1-12-6-2-5-9-15(12)19-11-14-8-4-3-7-13(14)10-16(17)18/h2-9,11,13H,10H2,1H3,(H2,17,18). The summed E-state index contributed by atoms with van der Waals surface area (Å²) in [7, 11) is 0. The van der Waals surface area contributed by atoms with Gasteiger partial charge in [-0.3, -0.25) is 4.79 Å². The van der Waals surface area contributed by atoms with E-state index in [-0.39, 0.29) is 11.8 Å². The van der Waals surface area contributed by atoms with Crippen LogP contribution in [0.5, 0.6) is 5.75 Å². The van der Waals surface area contributed by atoms with Crippen molar-refractivity contribution in [3.63, 3.8) is 0 Å². The highest BCUT2D eigenvalue weighted by molar-refractivity contribution is 5.75. The average Bonchev–Trinajstić information content (AvgIpc) is 2.39. The number of nitrogens with two attached hydrogens (primary N) is 1. The van der Waals surface area contributed by atoms with Gasteiger partial charge in [-0.25, -0.2) is 0 Å². The van der Waals surface area contributed by atoms with Crippen LogP contribution in [0.25, 0.3) is 0 Å². The molecule has 1 aliphatic carbocycles. The summed E-state index contributed by atoms with van der Waals surface area (Å²) in [4.78, 5) is 11.0. The number of primary amides is 1. The van der Waals surface area contributed by atoms with Crippen LogP contribution in [-0.4, -0.2) is 5.91 Å². The van der Waals surface area contributed by atoms with Crippen molar-refractivity contribution in [1.82, 2.24) is 0 Å². The number of carbonyl (C=O) groups is 1. The highest BCUT2D eigenvalue weighted by atomic mass is 16.5. The first kappa shape index (κ1) is 13.1. The van der Waals surface area contributed by atoms with Crippen LogP contribution < -0.4 is 10.5 Å². The van der Waals surface area contributed by atoms with E-state index in [1.807, 2.05) is 55.5 Å². The molecule has 0 bridgehead atoms. The van der Waals surface area contributed by atoms with Gasteiger partial charge in [0.1, 0.15) is 5.75 Å².